The second-order valence-corrected chi connectivity index (χ2v) is 9.71. The van der Waals surface area contributed by atoms with Gasteiger partial charge in [0.05, 0.1) is 18.2 Å². The highest BCUT2D eigenvalue weighted by Crippen LogP contribution is 2.26. The van der Waals surface area contributed by atoms with Crippen molar-refractivity contribution in [2.45, 2.75) is 115 Å². The maximum atomic E-state index is 10.9. The van der Waals surface area contributed by atoms with E-state index in [1.807, 2.05) is 6.92 Å². The number of carbonyl (C=O) groups excluding carboxylic acids is 1. The number of carbonyl (C=O) groups is 1. The maximum Gasteiger partial charge on any atom is 0.111 e. The molecule has 2 aliphatic rings. The van der Waals surface area contributed by atoms with Gasteiger partial charge in [0, 0.05) is 31.8 Å². The van der Waals surface area contributed by atoms with E-state index in [1.54, 1.807) is 4.90 Å². The van der Waals surface area contributed by atoms with Gasteiger partial charge in [0.1, 0.15) is 12.1 Å². The molecule has 0 aromatic heterocycles. The Kier molecular flexibility index (Phi) is 10.4. The summed E-state index contributed by atoms with van der Waals surface area (Å²) in [5.41, 5.74) is -1.18. The lowest BCUT2D eigenvalue weighted by atomic mass is 9.81. The minimum absolute atomic E-state index is 0.111. The molecule has 0 spiro atoms. The molecule has 4 N–H and O–H groups in total. The monoisotopic (exact) mass is 412 g/mol. The molecule has 0 radical (unpaired) electrons. The van der Waals surface area contributed by atoms with Crippen LogP contribution >= 0.6 is 0 Å². The van der Waals surface area contributed by atoms with E-state index in [0.29, 0.717) is 19.0 Å². The number of aliphatic carboxylic acids is 1. The quantitative estimate of drug-likeness (QED) is 0.329. The molecule has 2 heterocycles. The number of quaternary nitrogens is 1. The van der Waals surface area contributed by atoms with Crippen molar-refractivity contribution in [3.63, 3.8) is 0 Å². The number of piperidine rings is 2. The van der Waals surface area contributed by atoms with Crippen LogP contribution in [0.3, 0.4) is 0 Å². The van der Waals surface area contributed by atoms with Crippen LogP contribution in [0.4, 0.5) is 0 Å². The van der Waals surface area contributed by atoms with Gasteiger partial charge in [-0.15, -0.1) is 0 Å². The molecule has 0 aliphatic carbocycles. The summed E-state index contributed by atoms with van der Waals surface area (Å²) in [6.07, 6.45) is 11.7. The fourth-order valence-electron chi connectivity index (χ4n) is 5.56. The van der Waals surface area contributed by atoms with Crippen molar-refractivity contribution in [2.75, 3.05) is 19.6 Å². The number of carboxylic acid groups (broad SMARTS) is 1. The normalized spacial score (nSPS) is 31.8. The van der Waals surface area contributed by atoms with Crippen LogP contribution in [0.5, 0.6) is 0 Å². The van der Waals surface area contributed by atoms with E-state index in [4.69, 9.17) is 0 Å². The molecule has 6 nitrogen and oxygen atoms in total. The highest BCUT2D eigenvalue weighted by Gasteiger charge is 2.40. The Bertz CT molecular complexity index is 489. The number of unbranched alkanes of at least 4 members (excludes halogenated alkanes) is 4. The van der Waals surface area contributed by atoms with E-state index in [-0.39, 0.29) is 12.5 Å². The molecule has 6 heteroatoms. The third-order valence-electron chi connectivity index (χ3n) is 7.39. The first-order valence-corrected chi connectivity index (χ1v) is 12.0. The number of aliphatic hydroxyl groups is 2. The fourth-order valence-corrected chi connectivity index (χ4v) is 5.56. The summed E-state index contributed by atoms with van der Waals surface area (Å²) >= 11 is 0. The van der Waals surface area contributed by atoms with E-state index in [0.717, 1.165) is 44.2 Å². The summed E-state index contributed by atoms with van der Waals surface area (Å²) in [6, 6.07) is 1.16. The van der Waals surface area contributed by atoms with Crippen LogP contribution in [-0.2, 0) is 4.79 Å². The zero-order chi connectivity index (χ0) is 21.3. The van der Waals surface area contributed by atoms with Gasteiger partial charge in [0.15, 0.2) is 0 Å². The van der Waals surface area contributed by atoms with Crippen molar-refractivity contribution in [1.82, 2.24) is 5.32 Å². The second kappa shape index (κ2) is 12.2. The summed E-state index contributed by atoms with van der Waals surface area (Å²) in [4.78, 5) is 12.6. The zero-order valence-electron chi connectivity index (χ0n) is 18.6. The molecule has 0 saturated carbocycles. The minimum atomic E-state index is -1.18. The van der Waals surface area contributed by atoms with Gasteiger partial charge >= 0.3 is 0 Å². The largest absolute Gasteiger partial charge is 0.550 e. The summed E-state index contributed by atoms with van der Waals surface area (Å²) in [6.45, 7) is 6.41. The molecule has 2 aliphatic heterocycles. The first-order chi connectivity index (χ1) is 13.8. The predicted molar refractivity (Wildman–Crippen MR) is 112 cm³/mol. The SMILES string of the molecule is CCNC[C@@](O)(CCCCCCC[C@@H]1CC[NH+]2[C@@H](CC[C@@H](O)[C@@H]2C)C1)CC(=O)[O-]. The molecule has 2 saturated heterocycles. The summed E-state index contributed by atoms with van der Waals surface area (Å²) in [5.74, 6) is -0.334. The van der Waals surface area contributed by atoms with Crippen LogP contribution in [0.1, 0.15) is 90.9 Å². The highest BCUT2D eigenvalue weighted by atomic mass is 16.4. The van der Waals surface area contributed by atoms with Gasteiger partial charge in [-0.25, -0.2) is 0 Å². The lowest BCUT2D eigenvalue weighted by Crippen LogP contribution is -3.22. The molecule has 0 aromatic carbocycles. The van der Waals surface area contributed by atoms with Crippen LogP contribution in [0.2, 0.25) is 0 Å². The van der Waals surface area contributed by atoms with Gasteiger partial charge in [-0.1, -0.05) is 39.0 Å². The van der Waals surface area contributed by atoms with Crippen LogP contribution in [0.15, 0.2) is 0 Å². The van der Waals surface area contributed by atoms with Gasteiger partial charge in [-0.3, -0.25) is 0 Å². The van der Waals surface area contributed by atoms with Gasteiger partial charge in [0.2, 0.25) is 0 Å². The lowest BCUT2D eigenvalue weighted by molar-refractivity contribution is -0.962. The summed E-state index contributed by atoms with van der Waals surface area (Å²) in [7, 11) is 0. The van der Waals surface area contributed by atoms with E-state index in [1.165, 1.54) is 45.1 Å². The molecule has 29 heavy (non-hydrogen) atoms. The van der Waals surface area contributed by atoms with Gasteiger partial charge in [-0.05, 0) is 45.1 Å². The van der Waals surface area contributed by atoms with Crippen LogP contribution in [0, 0.1) is 5.92 Å². The Morgan fingerprint density at radius 3 is 2.62 bits per heavy atom. The fraction of sp³-hybridized carbons (Fsp3) is 0.957. The number of carboxylic acids is 1. The molecule has 0 bridgehead atoms. The van der Waals surface area contributed by atoms with Crippen molar-refractivity contribution in [3.05, 3.63) is 0 Å². The third-order valence-corrected chi connectivity index (χ3v) is 7.39. The van der Waals surface area contributed by atoms with Crippen LogP contribution in [0.25, 0.3) is 0 Å². The highest BCUT2D eigenvalue weighted by molar-refractivity contribution is 5.65. The van der Waals surface area contributed by atoms with Crippen molar-refractivity contribution in [1.29, 1.82) is 0 Å². The maximum absolute atomic E-state index is 10.9. The number of hydrogen-bond donors (Lipinski definition) is 4. The molecule has 0 aromatic rings. The Balaban J connectivity index is 1.56. The van der Waals surface area contributed by atoms with Crippen LogP contribution in [-0.4, -0.2) is 59.6 Å². The smallest absolute Gasteiger partial charge is 0.111 e. The van der Waals surface area contributed by atoms with Crippen molar-refractivity contribution in [3.8, 4) is 0 Å². The zero-order valence-corrected chi connectivity index (χ0v) is 18.6. The molecular formula is C23H44N2O4. The van der Waals surface area contributed by atoms with Gasteiger partial charge in [0.25, 0.3) is 0 Å². The molecule has 2 fully saturated rings. The van der Waals surface area contributed by atoms with Crippen molar-refractivity contribution in [2.24, 2.45) is 5.92 Å². The van der Waals surface area contributed by atoms with E-state index < -0.39 is 11.6 Å². The number of rotatable bonds is 13. The number of aliphatic hydroxyl groups excluding tert-OH is 1. The van der Waals surface area contributed by atoms with E-state index >= 15 is 0 Å². The predicted octanol–water partition coefficient (Wildman–Crippen LogP) is 0.404. The molecular weight excluding hydrogens is 368 g/mol. The Hall–Kier alpha value is -0.690. The second-order valence-electron chi connectivity index (χ2n) is 9.71. The standard InChI is InChI=1S/C23H44N2O4/c1-3-24-17-23(29,16-22(27)28)13-8-6-4-5-7-9-19-12-14-25-18(2)21(26)11-10-20(25)15-19/h18-21,24,26,29H,3-17H2,1-2H3,(H,27,28)/t18-,19+,20-,21+,23+/m0/s1. The Labute approximate surface area is 177 Å². The van der Waals surface area contributed by atoms with Crippen molar-refractivity contribution >= 4 is 5.97 Å². The third kappa shape index (κ3) is 8.16. The number of hydrogen-bond acceptors (Lipinski definition) is 5. The van der Waals surface area contributed by atoms with Gasteiger partial charge in [-0.2, -0.15) is 0 Å². The molecule has 6 atom stereocenters. The Morgan fingerprint density at radius 2 is 1.90 bits per heavy atom. The lowest BCUT2D eigenvalue weighted by Gasteiger charge is -2.45. The van der Waals surface area contributed by atoms with E-state index in [2.05, 4.69) is 12.2 Å². The van der Waals surface area contributed by atoms with E-state index in [9.17, 15) is 20.1 Å². The molecule has 0 amide bonds. The van der Waals surface area contributed by atoms with Gasteiger partial charge < -0.3 is 30.3 Å². The summed E-state index contributed by atoms with van der Waals surface area (Å²) in [5, 5.41) is 34.6. The minimum Gasteiger partial charge on any atom is -0.550 e. The number of nitrogens with one attached hydrogen (secondary N) is 2. The summed E-state index contributed by atoms with van der Waals surface area (Å²) < 4.78 is 0. The first-order valence-electron chi connectivity index (χ1n) is 12.0. The average Bonchev–Trinajstić information content (AvgIpc) is 2.68. The number of likely N-dealkylation sites (N-methyl/N-ethyl adjacent to an activating group) is 1. The Morgan fingerprint density at radius 1 is 1.17 bits per heavy atom. The topological polar surface area (TPSA) is 97.1 Å². The van der Waals surface area contributed by atoms with Crippen molar-refractivity contribution < 1.29 is 25.0 Å². The van der Waals surface area contributed by atoms with Crippen LogP contribution < -0.4 is 15.3 Å². The first kappa shape index (κ1) is 24.6. The number of fused-ring (bicyclic) bond motifs is 1. The average molecular weight is 413 g/mol. The molecule has 170 valence electrons. The molecule has 1 unspecified atom stereocenters. The molecule has 2 rings (SSSR count).